The van der Waals surface area contributed by atoms with E-state index in [1.807, 2.05) is 0 Å². The molecule has 0 bridgehead atoms. The Kier molecular flexibility index (Phi) is 17.1. The van der Waals surface area contributed by atoms with Gasteiger partial charge in [-0.2, -0.15) is 0 Å². The summed E-state index contributed by atoms with van der Waals surface area (Å²) in [7, 11) is 0.350. The summed E-state index contributed by atoms with van der Waals surface area (Å²) in [5, 5.41) is 0. The van der Waals surface area contributed by atoms with Gasteiger partial charge in [-0.05, 0) is 69.5 Å². The molecule has 0 spiro atoms. The van der Waals surface area contributed by atoms with Gasteiger partial charge in [0.25, 0.3) is 0 Å². The van der Waals surface area contributed by atoms with Crippen LogP contribution in [0.5, 0.6) is 0 Å². The first kappa shape index (κ1) is 39.0. The van der Waals surface area contributed by atoms with Crippen LogP contribution in [0, 0.1) is 32.5 Å². The van der Waals surface area contributed by atoms with Gasteiger partial charge >= 0.3 is 0 Å². The zero-order valence-corrected chi connectivity index (χ0v) is 29.8. The summed E-state index contributed by atoms with van der Waals surface area (Å²) in [6, 6.07) is 0. The zero-order chi connectivity index (χ0) is 26.4. The minimum absolute atomic E-state index is 0. The topological polar surface area (TPSA) is 0 Å². The van der Waals surface area contributed by atoms with Crippen molar-refractivity contribution < 1.29 is 20.4 Å². The van der Waals surface area contributed by atoms with Gasteiger partial charge in [0, 0.05) is 20.4 Å². The Balaban J connectivity index is -0.000000529. The average molecular weight is 595 g/mol. The Bertz CT molecular complexity index is 372. The molecule has 206 valence electrons. The third-order valence-electron chi connectivity index (χ3n) is 4.19. The van der Waals surface area contributed by atoms with Gasteiger partial charge in [-0.25, -0.2) is 0 Å². The maximum absolute atomic E-state index is 2.38. The van der Waals surface area contributed by atoms with Gasteiger partial charge in [-0.3, -0.25) is 0 Å². The summed E-state index contributed by atoms with van der Waals surface area (Å²) in [4.78, 5) is 0. The van der Waals surface area contributed by atoms with Crippen LogP contribution in [0.15, 0.2) is 0 Å². The molecule has 0 nitrogen and oxygen atoms in total. The first-order chi connectivity index (χ1) is 13.6. The van der Waals surface area contributed by atoms with E-state index in [-0.39, 0.29) is 36.3 Å². The fraction of sp³-hybridized carbons (Fsp3) is 1.00. The molecule has 3 heteroatoms. The molecule has 0 aliphatic carbocycles. The van der Waals surface area contributed by atoms with Crippen LogP contribution >= 0.6 is 15.8 Å². The second-order valence-electron chi connectivity index (χ2n) is 17.7. The van der Waals surface area contributed by atoms with Crippen LogP contribution in [0.2, 0.25) is 0 Å². The van der Waals surface area contributed by atoms with Crippen LogP contribution in [0.3, 0.4) is 0 Å². The molecule has 0 aliphatic heterocycles. The molecule has 0 aliphatic rings. The van der Waals surface area contributed by atoms with Crippen molar-refractivity contribution in [2.24, 2.45) is 32.5 Å². The molecular weight excluding hydrogens is 529 g/mol. The van der Waals surface area contributed by atoms with E-state index in [0.717, 1.165) is 0 Å². The van der Waals surface area contributed by atoms with E-state index in [1.54, 1.807) is 0 Å². The fourth-order valence-electron chi connectivity index (χ4n) is 4.36. The molecule has 33 heavy (non-hydrogen) atoms. The quantitative estimate of drug-likeness (QED) is 0.212. The third-order valence-corrected chi connectivity index (χ3v) is 12.6. The van der Waals surface area contributed by atoms with Crippen molar-refractivity contribution in [2.45, 2.75) is 125 Å². The van der Waals surface area contributed by atoms with Crippen LogP contribution in [-0.4, -0.2) is 37.0 Å². The first-order valence-electron chi connectivity index (χ1n) is 13.0. The van der Waals surface area contributed by atoms with Gasteiger partial charge < -0.3 is 0 Å². The first-order valence-corrected chi connectivity index (χ1v) is 16.8. The van der Waals surface area contributed by atoms with E-state index in [9.17, 15) is 0 Å². The maximum Gasteiger partial charge on any atom is 0 e. The molecule has 0 atom stereocenters. The molecule has 0 N–H and O–H groups in total. The molecule has 0 unspecified atom stereocenters. The smallest absolute Gasteiger partial charge is 0 e. The standard InChI is InChI=1S/2C15H33P.Pd/c2*1-13(2,3)10-16(11-14(4,5)6)12-15(7,8)9;/h2*10-12H2,1-9H3;. The van der Waals surface area contributed by atoms with E-state index < -0.39 is 0 Å². The molecule has 0 aromatic carbocycles. The molecule has 0 heterocycles. The fourth-order valence-corrected chi connectivity index (χ4v) is 13.1. The van der Waals surface area contributed by atoms with Crippen LogP contribution in [-0.2, 0) is 20.4 Å². The van der Waals surface area contributed by atoms with E-state index in [0.29, 0.717) is 32.5 Å². The molecule has 0 rings (SSSR count). The van der Waals surface area contributed by atoms with Crippen molar-refractivity contribution in [3.05, 3.63) is 0 Å². The summed E-state index contributed by atoms with van der Waals surface area (Å²) in [5.74, 6) is 0. The summed E-state index contributed by atoms with van der Waals surface area (Å²) < 4.78 is 0. The Morgan fingerprint density at radius 1 is 0.273 bits per heavy atom. The number of hydrogen-bond donors (Lipinski definition) is 0. The summed E-state index contributed by atoms with van der Waals surface area (Å²) >= 11 is 0. The predicted octanol–water partition coefficient (Wildman–Crippen LogP) is 11.2. The van der Waals surface area contributed by atoms with Gasteiger partial charge in [0.2, 0.25) is 0 Å². The Labute approximate surface area is 229 Å². The van der Waals surface area contributed by atoms with E-state index >= 15 is 0 Å². The molecule has 0 fully saturated rings. The molecular formula is C30H66P2Pd. The predicted molar refractivity (Wildman–Crippen MR) is 160 cm³/mol. The molecule has 0 aromatic heterocycles. The molecule has 0 aromatic rings. The minimum Gasteiger partial charge on any atom is -0.105 e. The normalized spacial score (nSPS) is 14.2. The van der Waals surface area contributed by atoms with Gasteiger partial charge in [0.05, 0.1) is 0 Å². The number of hydrogen-bond acceptors (Lipinski definition) is 0. The summed E-state index contributed by atoms with van der Waals surface area (Å²) in [5.41, 5.74) is 2.93. The van der Waals surface area contributed by atoms with Crippen molar-refractivity contribution in [3.8, 4) is 0 Å². The second-order valence-corrected chi connectivity index (χ2v) is 22.2. The summed E-state index contributed by atoms with van der Waals surface area (Å²) in [6.07, 6.45) is 8.48. The SMILES string of the molecule is CC(C)(C)CP(CC(C)(C)C)CC(C)(C)C.CC(C)(C)CP(CC(C)(C)C)CC(C)(C)C.[Pd]. The van der Waals surface area contributed by atoms with Crippen molar-refractivity contribution >= 4 is 15.8 Å². The Hall–Kier alpha value is 1.52. The number of rotatable bonds is 6. The summed E-state index contributed by atoms with van der Waals surface area (Å²) in [6.45, 7) is 42.9. The zero-order valence-electron chi connectivity index (χ0n) is 26.5. The van der Waals surface area contributed by atoms with Gasteiger partial charge in [-0.1, -0.05) is 125 Å². The second kappa shape index (κ2) is 14.5. The molecule has 0 amide bonds. The van der Waals surface area contributed by atoms with Gasteiger partial charge in [-0.15, -0.1) is 15.8 Å². The maximum atomic E-state index is 2.38. The van der Waals surface area contributed by atoms with Crippen LogP contribution in [0.1, 0.15) is 125 Å². The van der Waals surface area contributed by atoms with E-state index in [4.69, 9.17) is 0 Å². The van der Waals surface area contributed by atoms with E-state index in [1.165, 1.54) is 37.0 Å². The largest absolute Gasteiger partial charge is 0.105 e. The third kappa shape index (κ3) is 33.5. The molecule has 0 saturated heterocycles. The van der Waals surface area contributed by atoms with Crippen molar-refractivity contribution in [3.63, 3.8) is 0 Å². The molecule has 0 saturated carbocycles. The van der Waals surface area contributed by atoms with Crippen molar-refractivity contribution in [1.29, 1.82) is 0 Å². The van der Waals surface area contributed by atoms with Gasteiger partial charge in [0.15, 0.2) is 0 Å². The van der Waals surface area contributed by atoms with Crippen LogP contribution in [0.25, 0.3) is 0 Å². The minimum atomic E-state index is 0. The Morgan fingerprint density at radius 2 is 0.364 bits per heavy atom. The Morgan fingerprint density at radius 3 is 0.424 bits per heavy atom. The average Bonchev–Trinajstić information content (AvgIpc) is 2.24. The van der Waals surface area contributed by atoms with Crippen molar-refractivity contribution in [1.82, 2.24) is 0 Å². The van der Waals surface area contributed by atoms with E-state index in [2.05, 4.69) is 125 Å². The monoisotopic (exact) mass is 594 g/mol. The van der Waals surface area contributed by atoms with Crippen LogP contribution in [0.4, 0.5) is 0 Å². The van der Waals surface area contributed by atoms with Gasteiger partial charge in [0.1, 0.15) is 0 Å². The molecule has 0 radical (unpaired) electrons. The van der Waals surface area contributed by atoms with Crippen molar-refractivity contribution in [2.75, 3.05) is 37.0 Å². The van der Waals surface area contributed by atoms with Crippen LogP contribution < -0.4 is 0 Å².